The van der Waals surface area contributed by atoms with Crippen LogP contribution in [0.3, 0.4) is 0 Å². The molecule has 0 heterocycles. The fourth-order valence-corrected chi connectivity index (χ4v) is 1.04. The Bertz CT molecular complexity index is 543. The van der Waals surface area contributed by atoms with Gasteiger partial charge in [0.15, 0.2) is 0 Å². The van der Waals surface area contributed by atoms with E-state index in [1.54, 1.807) is 6.08 Å². The number of alkyl carbamates (subject to hydrolysis) is 2. The van der Waals surface area contributed by atoms with Gasteiger partial charge in [-0.2, -0.15) is 19.2 Å². The van der Waals surface area contributed by atoms with Crippen molar-refractivity contribution >= 4 is 24.5 Å². The molecule has 0 atom stereocenters. The van der Waals surface area contributed by atoms with E-state index in [0.29, 0.717) is 13.1 Å². The number of carbonyl (C=O) groups is 2. The van der Waals surface area contributed by atoms with E-state index in [4.69, 9.17) is 28.7 Å². The largest absolute Gasteiger partial charge is 1.00 e. The van der Waals surface area contributed by atoms with Crippen molar-refractivity contribution in [2.24, 2.45) is 0 Å². The summed E-state index contributed by atoms with van der Waals surface area (Å²) in [6, 6.07) is 0. The van der Waals surface area contributed by atoms with Crippen LogP contribution in [0, 0.1) is 0 Å². The van der Waals surface area contributed by atoms with Crippen LogP contribution in [-0.2, 0) is 28.7 Å². The molecule has 0 aliphatic carbocycles. The first-order chi connectivity index (χ1) is 13.2. The first-order valence-corrected chi connectivity index (χ1v) is 8.38. The topological polar surface area (TPSA) is 206 Å². The Kier molecular flexibility index (Phi) is 45.0. The summed E-state index contributed by atoms with van der Waals surface area (Å²) >= 11 is 0. The zero-order valence-electron chi connectivity index (χ0n) is 20.1. The summed E-state index contributed by atoms with van der Waals surface area (Å²) < 4.78 is 9.94. The van der Waals surface area contributed by atoms with Gasteiger partial charge in [0.25, 0.3) is 0 Å². The van der Waals surface area contributed by atoms with Gasteiger partial charge in [-0.15, -0.1) is 6.58 Å². The molecule has 13 heteroatoms. The predicted octanol–water partition coefficient (Wildman–Crippen LogP) is -1.38. The molecular formula is C19H35LiN2O10. The molecule has 32 heavy (non-hydrogen) atoms. The molecule has 0 saturated carbocycles. The molecule has 0 aromatic rings. The van der Waals surface area contributed by atoms with Crippen LogP contribution in [0.15, 0.2) is 24.8 Å². The molecule has 0 bridgehead atoms. The van der Waals surface area contributed by atoms with Crippen molar-refractivity contribution in [3.63, 3.8) is 0 Å². The molecule has 0 aromatic heterocycles. The summed E-state index contributed by atoms with van der Waals surface area (Å²) in [6.07, 6.45) is 5.04. The molecule has 0 saturated heterocycles. The number of nitrogens with one attached hydrogen (secondary N) is 2. The molecular weight excluding hydrogens is 423 g/mol. The first kappa shape index (κ1) is 47.2. The third-order valence-electron chi connectivity index (χ3n) is 1.79. The van der Waals surface area contributed by atoms with Gasteiger partial charge >= 0.3 is 43.4 Å². The van der Waals surface area contributed by atoms with Crippen molar-refractivity contribution in [1.82, 2.24) is 10.6 Å². The second-order valence-electron chi connectivity index (χ2n) is 6.79. The number of rotatable bonds is 4. The molecule has 5 N–H and O–H groups in total. The Morgan fingerprint density at radius 3 is 1.34 bits per heavy atom. The number of ether oxygens (including phenoxy) is 2. The zero-order valence-corrected chi connectivity index (χ0v) is 20.1. The molecule has 2 amide bonds. The minimum absolute atomic E-state index is 0. The molecule has 0 radical (unpaired) electrons. The Morgan fingerprint density at radius 1 is 0.844 bits per heavy atom. The Morgan fingerprint density at radius 2 is 1.12 bits per heavy atom. The van der Waals surface area contributed by atoms with Crippen LogP contribution in [0.4, 0.5) is 9.59 Å². The van der Waals surface area contributed by atoms with Gasteiger partial charge in [-0.25, -0.2) is 9.59 Å². The number of hydrogen-bond acceptors (Lipinski definition) is 9. The van der Waals surface area contributed by atoms with E-state index in [9.17, 15) is 9.59 Å². The molecule has 0 aliphatic heterocycles. The van der Waals surface area contributed by atoms with Crippen molar-refractivity contribution in [3.05, 3.63) is 24.8 Å². The molecule has 0 spiro atoms. The molecule has 0 fully saturated rings. The van der Waals surface area contributed by atoms with Gasteiger partial charge in [0.05, 0.1) is 0 Å². The van der Waals surface area contributed by atoms with Crippen LogP contribution in [-0.4, -0.2) is 59.7 Å². The molecule has 0 unspecified atom stereocenters. The van der Waals surface area contributed by atoms with E-state index in [2.05, 4.69) is 17.2 Å². The number of allylic oxidation sites excluding steroid dienone is 1. The van der Waals surface area contributed by atoms with Crippen LogP contribution in [0.25, 0.3) is 0 Å². The average Bonchev–Trinajstić information content (AvgIpc) is 2.52. The van der Waals surface area contributed by atoms with Crippen LogP contribution < -0.4 is 29.5 Å². The molecule has 182 valence electrons. The Balaban J connectivity index is -0.0000000582. The van der Waals surface area contributed by atoms with Crippen molar-refractivity contribution in [1.29, 1.82) is 0 Å². The van der Waals surface area contributed by atoms with Crippen molar-refractivity contribution in [2.45, 2.75) is 59.7 Å². The SMILES string of the molecule is C/C=C/CNC(=O)OC(C)(C)C.C=CCNC(=O)OC(C)(C)C.O.O=C=O.O=C=O.[Li+].[OH-]. The van der Waals surface area contributed by atoms with Crippen molar-refractivity contribution < 1.29 is 68.1 Å². The van der Waals surface area contributed by atoms with Crippen molar-refractivity contribution in [2.75, 3.05) is 13.1 Å². The molecule has 12 nitrogen and oxygen atoms in total. The van der Waals surface area contributed by atoms with Gasteiger partial charge in [0.2, 0.25) is 0 Å². The fourth-order valence-electron chi connectivity index (χ4n) is 1.04. The maximum Gasteiger partial charge on any atom is 1.00 e. The third kappa shape index (κ3) is 71.1. The molecule has 0 aromatic carbocycles. The smallest absolute Gasteiger partial charge is 0.870 e. The monoisotopic (exact) mass is 458 g/mol. The van der Waals surface area contributed by atoms with Crippen LogP contribution in [0.2, 0.25) is 0 Å². The second-order valence-corrected chi connectivity index (χ2v) is 6.79. The van der Waals surface area contributed by atoms with Gasteiger partial charge in [0.1, 0.15) is 11.2 Å². The summed E-state index contributed by atoms with van der Waals surface area (Å²) in [4.78, 5) is 54.3. The average molecular weight is 458 g/mol. The number of carbonyl (C=O) groups excluding carboxylic acids is 6. The number of amides is 2. The summed E-state index contributed by atoms with van der Waals surface area (Å²) in [5.41, 5.74) is -0.842. The minimum Gasteiger partial charge on any atom is -0.870 e. The summed E-state index contributed by atoms with van der Waals surface area (Å²) in [6.45, 7) is 17.3. The number of hydrogen-bond donors (Lipinski definition) is 2. The maximum absolute atomic E-state index is 11.0. The molecule has 0 rings (SSSR count). The first-order valence-electron chi connectivity index (χ1n) is 8.38. The van der Waals surface area contributed by atoms with Gasteiger partial charge in [-0.3, -0.25) is 0 Å². The van der Waals surface area contributed by atoms with E-state index >= 15 is 0 Å². The van der Waals surface area contributed by atoms with Crippen molar-refractivity contribution in [3.8, 4) is 0 Å². The predicted molar refractivity (Wildman–Crippen MR) is 109 cm³/mol. The Labute approximate surface area is 201 Å². The van der Waals surface area contributed by atoms with E-state index < -0.39 is 17.3 Å². The van der Waals surface area contributed by atoms with E-state index in [1.165, 1.54) is 0 Å². The van der Waals surface area contributed by atoms with Gasteiger partial charge in [-0.05, 0) is 48.5 Å². The fraction of sp³-hybridized carbons (Fsp3) is 0.579. The third-order valence-corrected chi connectivity index (χ3v) is 1.79. The quantitative estimate of drug-likeness (QED) is 0.375. The summed E-state index contributed by atoms with van der Waals surface area (Å²) in [5, 5.41) is 5.10. The normalized spacial score (nSPS) is 8.47. The van der Waals surface area contributed by atoms with Gasteiger partial charge in [0, 0.05) is 13.1 Å². The second kappa shape index (κ2) is 30.5. The zero-order chi connectivity index (χ0) is 23.9. The Hall–Kier alpha value is -2.70. The summed E-state index contributed by atoms with van der Waals surface area (Å²) in [5.74, 6) is 0. The maximum atomic E-state index is 11.0. The van der Waals surface area contributed by atoms with Gasteiger partial charge in [-0.1, -0.05) is 18.2 Å². The molecule has 0 aliphatic rings. The van der Waals surface area contributed by atoms with Crippen LogP contribution in [0.5, 0.6) is 0 Å². The standard InChI is InChI=1S/C9H17NO2.C8H15NO2.2CO2.Li.2H2O/c1-5-6-7-10-8(11)12-9(2,3)4;1-5-6-9-7(10)11-8(2,3)4;2*2-1-3;;;/h5-6H,7H2,1-4H3,(H,10,11);5H,1,6H2,2-4H3,(H,9,10);;;;2*1H2/q;;;;+1;;/p-1/b6-5+;;;;;;. The van der Waals surface area contributed by atoms with Crippen LogP contribution >= 0.6 is 0 Å². The summed E-state index contributed by atoms with van der Waals surface area (Å²) in [7, 11) is 0. The van der Waals surface area contributed by atoms with E-state index in [1.807, 2.05) is 60.6 Å². The minimum atomic E-state index is -0.425. The van der Waals surface area contributed by atoms with E-state index in [0.717, 1.165) is 0 Å². The van der Waals surface area contributed by atoms with E-state index in [-0.39, 0.29) is 48.2 Å². The van der Waals surface area contributed by atoms with Gasteiger partial charge < -0.3 is 31.1 Å². The van der Waals surface area contributed by atoms with Crippen LogP contribution in [0.1, 0.15) is 48.5 Å².